The van der Waals surface area contributed by atoms with Crippen molar-refractivity contribution in [2.45, 2.75) is 50.4 Å². The van der Waals surface area contributed by atoms with Crippen molar-refractivity contribution >= 4 is 5.91 Å². The van der Waals surface area contributed by atoms with Crippen LogP contribution < -0.4 is 0 Å². The van der Waals surface area contributed by atoms with Crippen molar-refractivity contribution in [2.75, 3.05) is 19.8 Å². The second kappa shape index (κ2) is 5.97. The summed E-state index contributed by atoms with van der Waals surface area (Å²) in [5.41, 5.74) is 1.17. The molecule has 0 N–H and O–H groups in total. The van der Waals surface area contributed by atoms with Crippen molar-refractivity contribution in [3.63, 3.8) is 0 Å². The first kappa shape index (κ1) is 14.2. The van der Waals surface area contributed by atoms with E-state index >= 15 is 0 Å². The Kier molecular flexibility index (Phi) is 3.84. The van der Waals surface area contributed by atoms with Gasteiger partial charge in [-0.3, -0.25) is 14.7 Å². The van der Waals surface area contributed by atoms with Crippen LogP contribution in [0.3, 0.4) is 0 Å². The molecule has 0 spiro atoms. The molecule has 0 saturated carbocycles. The van der Waals surface area contributed by atoms with Crippen LogP contribution in [0, 0.1) is 0 Å². The lowest BCUT2D eigenvalue weighted by Crippen LogP contribution is -2.53. The van der Waals surface area contributed by atoms with Crippen molar-refractivity contribution in [1.29, 1.82) is 0 Å². The van der Waals surface area contributed by atoms with Gasteiger partial charge in [0, 0.05) is 56.6 Å². The summed E-state index contributed by atoms with van der Waals surface area (Å²) in [5, 5.41) is 0. The number of carbonyl (C=O) groups excluding carboxylic acids is 1. The van der Waals surface area contributed by atoms with E-state index < -0.39 is 0 Å². The summed E-state index contributed by atoms with van der Waals surface area (Å²) >= 11 is 0. The maximum Gasteiger partial charge on any atom is 0.223 e. The van der Waals surface area contributed by atoms with E-state index in [2.05, 4.69) is 14.8 Å². The minimum atomic E-state index is 0.308. The number of piperidine rings is 1. The molecule has 0 radical (unpaired) electrons. The Morgan fingerprint density at radius 3 is 2.82 bits per heavy atom. The van der Waals surface area contributed by atoms with Crippen LogP contribution in [0.4, 0.5) is 0 Å². The molecule has 3 atom stereocenters. The number of ether oxygens (including phenoxy) is 1. The third-order valence-electron chi connectivity index (χ3n) is 5.40. The quantitative estimate of drug-likeness (QED) is 0.847. The monoisotopic (exact) mass is 301 g/mol. The summed E-state index contributed by atoms with van der Waals surface area (Å²) in [6.07, 6.45) is 7.53. The fraction of sp³-hybridized carbons (Fsp3) is 0.647. The minimum absolute atomic E-state index is 0.308. The number of pyridine rings is 1. The molecule has 3 aliphatic heterocycles. The Bertz CT molecular complexity index is 530. The maximum atomic E-state index is 12.4. The van der Waals surface area contributed by atoms with Gasteiger partial charge in [0.05, 0.1) is 6.61 Å². The van der Waals surface area contributed by atoms with Gasteiger partial charge in [0.25, 0.3) is 0 Å². The number of carbonyl (C=O) groups is 1. The van der Waals surface area contributed by atoms with Gasteiger partial charge in [0.15, 0.2) is 0 Å². The van der Waals surface area contributed by atoms with Crippen LogP contribution in [0.2, 0.25) is 0 Å². The average Bonchev–Trinajstić information content (AvgIpc) is 3.20. The van der Waals surface area contributed by atoms with Gasteiger partial charge in [-0.2, -0.15) is 0 Å². The van der Waals surface area contributed by atoms with Gasteiger partial charge in [-0.1, -0.05) is 0 Å². The Morgan fingerprint density at radius 1 is 1.18 bits per heavy atom. The Hall–Kier alpha value is -1.46. The van der Waals surface area contributed by atoms with Gasteiger partial charge in [-0.05, 0) is 37.0 Å². The van der Waals surface area contributed by atoms with E-state index in [1.807, 2.05) is 12.1 Å². The summed E-state index contributed by atoms with van der Waals surface area (Å²) < 4.78 is 5.56. The first-order chi connectivity index (χ1) is 10.8. The molecule has 0 unspecified atom stereocenters. The number of fused-ring (bicyclic) bond motifs is 1. The third kappa shape index (κ3) is 2.52. The second-order valence-corrected chi connectivity index (χ2v) is 6.59. The fourth-order valence-corrected chi connectivity index (χ4v) is 4.31. The summed E-state index contributed by atoms with van der Waals surface area (Å²) in [6, 6.07) is 5.47. The van der Waals surface area contributed by atoms with Crippen LogP contribution >= 0.6 is 0 Å². The Balaban J connectivity index is 1.51. The molecule has 1 aromatic rings. The zero-order valence-corrected chi connectivity index (χ0v) is 12.9. The normalized spacial score (nSPS) is 32.5. The molecule has 118 valence electrons. The van der Waals surface area contributed by atoms with Crippen molar-refractivity contribution in [3.8, 4) is 0 Å². The zero-order valence-electron chi connectivity index (χ0n) is 12.9. The predicted octanol–water partition coefficient (Wildman–Crippen LogP) is 1.44. The number of rotatable bonds is 3. The number of hydrogen-bond acceptors (Lipinski definition) is 4. The maximum absolute atomic E-state index is 12.4. The number of hydrogen-bond donors (Lipinski definition) is 0. The molecule has 4 heterocycles. The molecule has 5 nitrogen and oxygen atoms in total. The van der Waals surface area contributed by atoms with E-state index in [0.29, 0.717) is 30.5 Å². The number of amides is 1. The molecule has 3 saturated heterocycles. The van der Waals surface area contributed by atoms with Gasteiger partial charge in [0.2, 0.25) is 5.91 Å². The van der Waals surface area contributed by atoms with Crippen LogP contribution in [-0.2, 0) is 16.1 Å². The van der Waals surface area contributed by atoms with Crippen LogP contribution in [0.15, 0.2) is 24.5 Å². The topological polar surface area (TPSA) is 45.7 Å². The van der Waals surface area contributed by atoms with Crippen LogP contribution in [0.25, 0.3) is 0 Å². The van der Waals surface area contributed by atoms with E-state index in [0.717, 1.165) is 45.6 Å². The molecule has 1 aromatic heterocycles. The molecule has 4 rings (SSSR count). The summed E-state index contributed by atoms with van der Waals surface area (Å²) in [6.45, 7) is 3.57. The highest BCUT2D eigenvalue weighted by Crippen LogP contribution is 2.35. The van der Waals surface area contributed by atoms with Crippen LogP contribution in [0.1, 0.15) is 31.2 Å². The van der Waals surface area contributed by atoms with E-state index in [9.17, 15) is 4.79 Å². The second-order valence-electron chi connectivity index (χ2n) is 6.59. The van der Waals surface area contributed by atoms with Crippen molar-refractivity contribution in [3.05, 3.63) is 30.1 Å². The summed E-state index contributed by atoms with van der Waals surface area (Å²) in [5.74, 6) is 0.308. The molecular formula is C17H23N3O2. The van der Waals surface area contributed by atoms with Gasteiger partial charge < -0.3 is 9.64 Å². The highest BCUT2D eigenvalue weighted by molar-refractivity contribution is 5.77. The highest BCUT2D eigenvalue weighted by atomic mass is 16.5. The molecule has 0 bridgehead atoms. The van der Waals surface area contributed by atoms with Crippen LogP contribution in [0.5, 0.6) is 0 Å². The molecule has 0 aromatic carbocycles. The zero-order chi connectivity index (χ0) is 14.9. The molecule has 5 heteroatoms. The van der Waals surface area contributed by atoms with Gasteiger partial charge in [0.1, 0.15) is 0 Å². The highest BCUT2D eigenvalue weighted by Gasteiger charge is 2.45. The fourth-order valence-electron chi connectivity index (χ4n) is 4.31. The first-order valence-electron chi connectivity index (χ1n) is 8.35. The molecule has 1 amide bonds. The van der Waals surface area contributed by atoms with E-state index in [4.69, 9.17) is 4.74 Å². The summed E-state index contributed by atoms with van der Waals surface area (Å²) in [4.78, 5) is 21.2. The van der Waals surface area contributed by atoms with Gasteiger partial charge in [-0.15, -0.1) is 0 Å². The Morgan fingerprint density at radius 2 is 2.05 bits per heavy atom. The largest absolute Gasteiger partial charge is 0.380 e. The Labute approximate surface area is 131 Å². The standard InChI is InChI=1S/C17H23N3O2/c21-17-2-1-15-16(5-9-19(15)14-6-10-22-12-14)20(17)11-13-3-7-18-8-4-13/h3-4,7-8,14-16H,1-2,5-6,9-12H2/t14-,15+,16+/m1/s1. The smallest absolute Gasteiger partial charge is 0.223 e. The van der Waals surface area contributed by atoms with Gasteiger partial charge in [-0.25, -0.2) is 0 Å². The minimum Gasteiger partial charge on any atom is -0.380 e. The summed E-state index contributed by atoms with van der Waals surface area (Å²) in [7, 11) is 0. The van der Waals surface area contributed by atoms with Crippen LogP contribution in [-0.4, -0.2) is 58.6 Å². The molecular weight excluding hydrogens is 278 g/mol. The van der Waals surface area contributed by atoms with E-state index in [1.165, 1.54) is 5.56 Å². The SMILES string of the molecule is O=C1CC[C@H]2[C@H](CCN2[C@@H]2CCOC2)N1Cc1ccncc1. The van der Waals surface area contributed by atoms with Crippen molar-refractivity contribution < 1.29 is 9.53 Å². The number of nitrogens with zero attached hydrogens (tertiary/aromatic N) is 3. The lowest BCUT2D eigenvalue weighted by Gasteiger charge is -2.41. The van der Waals surface area contributed by atoms with Gasteiger partial charge >= 0.3 is 0 Å². The predicted molar refractivity (Wildman–Crippen MR) is 82.1 cm³/mol. The molecule has 22 heavy (non-hydrogen) atoms. The third-order valence-corrected chi connectivity index (χ3v) is 5.40. The lowest BCUT2D eigenvalue weighted by molar-refractivity contribution is -0.138. The van der Waals surface area contributed by atoms with E-state index in [-0.39, 0.29) is 0 Å². The lowest BCUT2D eigenvalue weighted by atomic mass is 9.95. The van der Waals surface area contributed by atoms with E-state index in [1.54, 1.807) is 12.4 Å². The molecule has 0 aliphatic carbocycles. The number of likely N-dealkylation sites (tertiary alicyclic amines) is 2. The number of aromatic nitrogens is 1. The van der Waals surface area contributed by atoms with Crippen molar-refractivity contribution in [2.24, 2.45) is 0 Å². The van der Waals surface area contributed by atoms with Crippen molar-refractivity contribution in [1.82, 2.24) is 14.8 Å². The molecule has 3 aliphatic rings. The molecule has 3 fully saturated rings. The first-order valence-corrected chi connectivity index (χ1v) is 8.35. The average molecular weight is 301 g/mol.